The Morgan fingerprint density at radius 2 is 1.76 bits per heavy atom. The molecule has 2 N–H and O–H groups in total. The highest BCUT2D eigenvalue weighted by Gasteiger charge is 2.43. The summed E-state index contributed by atoms with van der Waals surface area (Å²) in [6.07, 6.45) is 2.38. The van der Waals surface area contributed by atoms with E-state index in [1.54, 1.807) is 36.5 Å². The second-order valence-corrected chi connectivity index (χ2v) is 9.30. The molecular weight excluding hydrogens is 480 g/mol. The second-order valence-electron chi connectivity index (χ2n) is 9.30. The highest BCUT2D eigenvalue weighted by Crippen LogP contribution is 2.35. The van der Waals surface area contributed by atoms with Gasteiger partial charge >= 0.3 is 5.92 Å². The van der Waals surface area contributed by atoms with Crippen LogP contribution in [0.25, 0.3) is 11.3 Å². The van der Waals surface area contributed by atoms with Crippen molar-refractivity contribution in [3.05, 3.63) is 78.0 Å². The number of fused-ring (bicyclic) bond motifs is 1. The van der Waals surface area contributed by atoms with Crippen LogP contribution in [0.4, 0.5) is 8.78 Å². The lowest BCUT2D eigenvalue weighted by Gasteiger charge is -2.30. The molecule has 0 radical (unpaired) electrons. The van der Waals surface area contributed by atoms with E-state index in [4.69, 9.17) is 9.47 Å². The number of nitrogens with zero attached hydrogens (tertiary/aromatic N) is 2. The topological polar surface area (TPSA) is 83.9 Å². The first-order chi connectivity index (χ1) is 17.9. The molecule has 1 unspecified atom stereocenters. The minimum absolute atomic E-state index is 0.246. The van der Waals surface area contributed by atoms with Crippen molar-refractivity contribution in [1.29, 1.82) is 0 Å². The fraction of sp³-hybridized carbons (Fsp3) is 0.357. The summed E-state index contributed by atoms with van der Waals surface area (Å²) in [5, 5.41) is 13.6. The van der Waals surface area contributed by atoms with Gasteiger partial charge < -0.3 is 24.8 Å². The summed E-state index contributed by atoms with van der Waals surface area (Å²) in [6, 6.07) is 14.9. The van der Waals surface area contributed by atoms with Gasteiger partial charge in [0.1, 0.15) is 19.3 Å². The van der Waals surface area contributed by atoms with E-state index in [0.29, 0.717) is 41.5 Å². The Hall–Kier alpha value is -3.56. The SMILES string of the molecule is O=C(NC(CN1CCCC1)[C@H](O)c1ccc2c(c1)OCCO2)C(F)(F)c1ccc(-c2ccccn2)cc1. The summed E-state index contributed by atoms with van der Waals surface area (Å²) in [5.74, 6) is -4.22. The van der Waals surface area contributed by atoms with E-state index >= 15 is 8.78 Å². The van der Waals surface area contributed by atoms with Crippen LogP contribution in [0.5, 0.6) is 11.5 Å². The Balaban J connectivity index is 1.35. The van der Waals surface area contributed by atoms with Crippen molar-refractivity contribution in [2.75, 3.05) is 32.8 Å². The van der Waals surface area contributed by atoms with Gasteiger partial charge in [-0.3, -0.25) is 9.78 Å². The van der Waals surface area contributed by atoms with Gasteiger partial charge in [0, 0.05) is 23.9 Å². The highest BCUT2D eigenvalue weighted by atomic mass is 19.3. The number of alkyl halides is 2. The number of aromatic nitrogens is 1. The van der Waals surface area contributed by atoms with Crippen LogP contribution in [0.15, 0.2) is 66.9 Å². The molecule has 194 valence electrons. The van der Waals surface area contributed by atoms with Gasteiger partial charge in [-0.2, -0.15) is 8.78 Å². The van der Waals surface area contributed by atoms with Crippen LogP contribution in [0, 0.1) is 0 Å². The Morgan fingerprint density at radius 1 is 1.03 bits per heavy atom. The van der Waals surface area contributed by atoms with E-state index in [9.17, 15) is 9.90 Å². The maximum atomic E-state index is 15.3. The maximum Gasteiger partial charge on any atom is 0.349 e. The van der Waals surface area contributed by atoms with Crippen molar-refractivity contribution in [3.63, 3.8) is 0 Å². The number of pyridine rings is 1. The fourth-order valence-electron chi connectivity index (χ4n) is 4.72. The monoisotopic (exact) mass is 509 g/mol. The van der Waals surface area contributed by atoms with Crippen LogP contribution in [-0.4, -0.2) is 59.8 Å². The van der Waals surface area contributed by atoms with Crippen molar-refractivity contribution in [3.8, 4) is 22.8 Å². The van der Waals surface area contributed by atoms with Crippen molar-refractivity contribution in [2.45, 2.75) is 30.9 Å². The molecule has 5 rings (SSSR count). The zero-order valence-electron chi connectivity index (χ0n) is 20.3. The maximum absolute atomic E-state index is 15.3. The number of nitrogens with one attached hydrogen (secondary N) is 1. The summed E-state index contributed by atoms with van der Waals surface area (Å²) in [4.78, 5) is 19.2. The minimum atomic E-state index is -3.79. The summed E-state index contributed by atoms with van der Waals surface area (Å²) >= 11 is 0. The zero-order chi connectivity index (χ0) is 25.8. The summed E-state index contributed by atoms with van der Waals surface area (Å²) in [7, 11) is 0. The Labute approximate surface area is 214 Å². The van der Waals surface area contributed by atoms with E-state index < -0.39 is 29.5 Å². The van der Waals surface area contributed by atoms with Crippen LogP contribution < -0.4 is 14.8 Å². The molecule has 1 aromatic heterocycles. The van der Waals surface area contributed by atoms with Crippen LogP contribution in [0.2, 0.25) is 0 Å². The fourth-order valence-corrected chi connectivity index (χ4v) is 4.72. The smallest absolute Gasteiger partial charge is 0.349 e. The third-order valence-electron chi connectivity index (χ3n) is 6.75. The van der Waals surface area contributed by atoms with Gasteiger partial charge in [0.15, 0.2) is 11.5 Å². The number of hydrogen-bond acceptors (Lipinski definition) is 6. The molecule has 9 heteroatoms. The number of carbonyl (C=O) groups excluding carboxylic acids is 1. The van der Waals surface area contributed by atoms with Crippen LogP contribution in [0.1, 0.15) is 30.1 Å². The third kappa shape index (κ3) is 5.57. The molecule has 0 bridgehead atoms. The van der Waals surface area contributed by atoms with Gasteiger partial charge in [0.25, 0.3) is 5.91 Å². The molecule has 2 atom stereocenters. The quantitative estimate of drug-likeness (QED) is 0.479. The molecule has 37 heavy (non-hydrogen) atoms. The number of carbonyl (C=O) groups is 1. The average molecular weight is 510 g/mol. The molecule has 2 aromatic carbocycles. The number of benzene rings is 2. The van der Waals surface area contributed by atoms with Crippen LogP contribution in [0.3, 0.4) is 0 Å². The molecule has 2 aliphatic heterocycles. The summed E-state index contributed by atoms with van der Waals surface area (Å²) in [5.41, 5.74) is 1.34. The molecule has 3 heterocycles. The predicted molar refractivity (Wildman–Crippen MR) is 134 cm³/mol. The lowest BCUT2D eigenvalue weighted by molar-refractivity contribution is -0.149. The number of amides is 1. The number of rotatable bonds is 8. The second kappa shape index (κ2) is 10.8. The van der Waals surface area contributed by atoms with Crippen LogP contribution in [-0.2, 0) is 10.7 Å². The van der Waals surface area contributed by atoms with Gasteiger partial charge in [-0.1, -0.05) is 36.4 Å². The van der Waals surface area contributed by atoms with Crippen molar-refractivity contribution in [1.82, 2.24) is 15.2 Å². The van der Waals surface area contributed by atoms with Gasteiger partial charge in [-0.15, -0.1) is 0 Å². The molecular formula is C28H29F2N3O4. The molecule has 7 nitrogen and oxygen atoms in total. The van der Waals surface area contributed by atoms with Crippen molar-refractivity contribution >= 4 is 5.91 Å². The lowest BCUT2D eigenvalue weighted by Crippen LogP contribution is -2.50. The average Bonchev–Trinajstić information content (AvgIpc) is 3.45. The lowest BCUT2D eigenvalue weighted by atomic mass is 9.99. The Bertz CT molecular complexity index is 1220. The summed E-state index contributed by atoms with van der Waals surface area (Å²) < 4.78 is 41.7. The summed E-state index contributed by atoms with van der Waals surface area (Å²) in [6.45, 7) is 2.62. The van der Waals surface area contributed by atoms with Gasteiger partial charge in [0.05, 0.1) is 11.7 Å². The van der Waals surface area contributed by atoms with Crippen molar-refractivity contribution < 1.29 is 28.2 Å². The molecule has 0 aliphatic carbocycles. The number of aliphatic hydroxyl groups is 1. The molecule has 1 amide bonds. The Morgan fingerprint density at radius 3 is 2.46 bits per heavy atom. The van der Waals surface area contributed by atoms with E-state index in [2.05, 4.69) is 15.2 Å². The minimum Gasteiger partial charge on any atom is -0.486 e. The molecule has 1 fully saturated rings. The molecule has 3 aromatic rings. The standard InChI is InChI=1S/C28H29F2N3O4/c29-28(30,21-9-6-19(7-10-21)22-5-1-2-12-31-22)27(35)32-23(18-33-13-3-4-14-33)26(34)20-8-11-24-25(17-20)37-16-15-36-24/h1-2,5-12,17,23,26,34H,3-4,13-16,18H2,(H,32,35)/t23?,26-/m1/s1. The van der Waals surface area contributed by atoms with Crippen molar-refractivity contribution in [2.24, 2.45) is 0 Å². The first-order valence-corrected chi connectivity index (χ1v) is 12.4. The number of halogens is 2. The normalized spacial score (nSPS) is 17.3. The van der Waals surface area contributed by atoms with E-state index in [0.717, 1.165) is 25.9 Å². The zero-order valence-corrected chi connectivity index (χ0v) is 20.3. The number of likely N-dealkylation sites (tertiary alicyclic amines) is 1. The molecule has 2 aliphatic rings. The van der Waals surface area contributed by atoms with Gasteiger partial charge in [-0.05, 0) is 55.8 Å². The first kappa shape index (κ1) is 25.1. The third-order valence-corrected chi connectivity index (χ3v) is 6.75. The van der Waals surface area contributed by atoms with E-state index in [-0.39, 0.29) is 6.54 Å². The molecule has 0 spiro atoms. The highest BCUT2D eigenvalue weighted by molar-refractivity contribution is 5.85. The molecule has 1 saturated heterocycles. The number of hydrogen-bond donors (Lipinski definition) is 2. The Kier molecular flexibility index (Phi) is 7.34. The van der Waals surface area contributed by atoms with Gasteiger partial charge in [0.2, 0.25) is 0 Å². The van der Waals surface area contributed by atoms with E-state index in [1.807, 2.05) is 6.07 Å². The molecule has 0 saturated carbocycles. The predicted octanol–water partition coefficient (Wildman–Crippen LogP) is 3.93. The largest absolute Gasteiger partial charge is 0.486 e. The number of aliphatic hydroxyl groups excluding tert-OH is 1. The first-order valence-electron chi connectivity index (χ1n) is 12.4. The van der Waals surface area contributed by atoms with Gasteiger partial charge in [-0.25, -0.2) is 0 Å². The van der Waals surface area contributed by atoms with Crippen LogP contribution >= 0.6 is 0 Å². The number of ether oxygens (including phenoxy) is 2. The van der Waals surface area contributed by atoms with E-state index in [1.165, 1.54) is 24.3 Å².